The first-order valence-electron chi connectivity index (χ1n) is 4.41. The number of ether oxygens (including phenoxy) is 1. The van der Waals surface area contributed by atoms with E-state index in [1.54, 1.807) is 7.11 Å². The van der Waals surface area contributed by atoms with Crippen LogP contribution in [0.25, 0.3) is 11.4 Å². The predicted octanol–water partition coefficient (Wildman–Crippen LogP) is 2.72. The van der Waals surface area contributed by atoms with Crippen LogP contribution in [0.4, 0.5) is 0 Å². The fourth-order valence-electron chi connectivity index (χ4n) is 1.34. The molecule has 0 spiro atoms. The van der Waals surface area contributed by atoms with Gasteiger partial charge < -0.3 is 9.26 Å². The molecule has 5 heteroatoms. The van der Waals surface area contributed by atoms with Crippen LogP contribution < -0.4 is 4.74 Å². The first kappa shape index (κ1) is 9.92. The number of H-pyrrole nitrogens is 1. The van der Waals surface area contributed by atoms with Crippen LogP contribution >= 0.6 is 12.2 Å². The van der Waals surface area contributed by atoms with Crippen molar-refractivity contribution in [2.75, 3.05) is 7.11 Å². The number of nitrogens with zero attached hydrogens (tertiary/aromatic N) is 1. The molecule has 0 bridgehead atoms. The van der Waals surface area contributed by atoms with Gasteiger partial charge in [0.25, 0.3) is 0 Å². The molecule has 0 aliphatic rings. The number of aryl methyl sites for hydroxylation is 1. The summed E-state index contributed by atoms with van der Waals surface area (Å²) in [5, 5.41) is 2.65. The van der Waals surface area contributed by atoms with Gasteiger partial charge in [0.05, 0.1) is 12.7 Å². The van der Waals surface area contributed by atoms with Crippen molar-refractivity contribution in [1.82, 2.24) is 10.1 Å². The number of benzene rings is 1. The van der Waals surface area contributed by atoms with Crippen molar-refractivity contribution in [2.45, 2.75) is 6.92 Å². The number of rotatable bonds is 2. The second kappa shape index (κ2) is 3.86. The topological polar surface area (TPSA) is 51.1 Å². The molecule has 0 saturated carbocycles. The Labute approximate surface area is 91.9 Å². The second-order valence-corrected chi connectivity index (χ2v) is 3.48. The average molecular weight is 222 g/mol. The molecule has 0 aliphatic heterocycles. The lowest BCUT2D eigenvalue weighted by atomic mass is 10.1. The zero-order valence-corrected chi connectivity index (χ0v) is 9.22. The summed E-state index contributed by atoms with van der Waals surface area (Å²) < 4.78 is 10.1. The first-order valence-corrected chi connectivity index (χ1v) is 4.82. The molecule has 0 amide bonds. The zero-order chi connectivity index (χ0) is 10.8. The molecule has 1 heterocycles. The van der Waals surface area contributed by atoms with Crippen LogP contribution in [-0.4, -0.2) is 17.3 Å². The lowest BCUT2D eigenvalue weighted by Crippen LogP contribution is -1.90. The van der Waals surface area contributed by atoms with Crippen molar-refractivity contribution in [3.63, 3.8) is 0 Å². The smallest absolute Gasteiger partial charge is 0.314 e. The van der Waals surface area contributed by atoms with Crippen LogP contribution in [0.15, 0.2) is 22.7 Å². The van der Waals surface area contributed by atoms with Crippen LogP contribution in [0.1, 0.15) is 5.56 Å². The van der Waals surface area contributed by atoms with Crippen LogP contribution in [0.5, 0.6) is 5.75 Å². The van der Waals surface area contributed by atoms with E-state index in [4.69, 9.17) is 21.5 Å². The minimum Gasteiger partial charge on any atom is -0.496 e. The van der Waals surface area contributed by atoms with Crippen molar-refractivity contribution >= 4 is 12.2 Å². The Balaban J connectivity index is 2.57. The molecule has 0 saturated heterocycles. The van der Waals surface area contributed by atoms with Crippen LogP contribution in [0, 0.1) is 11.8 Å². The number of hydrogen-bond acceptors (Lipinski definition) is 4. The highest BCUT2D eigenvalue weighted by Crippen LogP contribution is 2.28. The van der Waals surface area contributed by atoms with Crippen LogP contribution in [0.2, 0.25) is 0 Å². The number of aromatic amines is 1. The molecule has 2 aromatic rings. The quantitative estimate of drug-likeness (QED) is 0.794. The van der Waals surface area contributed by atoms with Gasteiger partial charge in [-0.2, -0.15) is 4.98 Å². The van der Waals surface area contributed by atoms with Gasteiger partial charge >= 0.3 is 4.84 Å². The minimum absolute atomic E-state index is 0.188. The largest absolute Gasteiger partial charge is 0.496 e. The Morgan fingerprint density at radius 1 is 1.47 bits per heavy atom. The molecule has 0 unspecified atom stereocenters. The van der Waals surface area contributed by atoms with E-state index in [1.807, 2.05) is 25.1 Å². The van der Waals surface area contributed by atoms with Gasteiger partial charge in [-0.15, -0.1) is 0 Å². The molecule has 0 aliphatic carbocycles. The molecule has 1 aromatic carbocycles. The van der Waals surface area contributed by atoms with E-state index in [1.165, 1.54) is 0 Å². The van der Waals surface area contributed by atoms with E-state index < -0.39 is 0 Å². The summed E-state index contributed by atoms with van der Waals surface area (Å²) in [6, 6.07) is 5.82. The van der Waals surface area contributed by atoms with E-state index in [0.29, 0.717) is 5.82 Å². The van der Waals surface area contributed by atoms with Crippen molar-refractivity contribution in [3.8, 4) is 17.1 Å². The molecule has 0 atom stereocenters. The summed E-state index contributed by atoms with van der Waals surface area (Å²) in [7, 11) is 1.62. The number of methoxy groups -OCH3 is 1. The number of hydrogen-bond donors (Lipinski definition) is 1. The Bertz CT molecular complexity index is 530. The maximum absolute atomic E-state index is 5.25. The van der Waals surface area contributed by atoms with Crippen molar-refractivity contribution < 1.29 is 9.26 Å². The van der Waals surface area contributed by atoms with Crippen molar-refractivity contribution in [2.24, 2.45) is 0 Å². The highest BCUT2D eigenvalue weighted by Gasteiger charge is 2.09. The molecule has 0 fully saturated rings. The van der Waals surface area contributed by atoms with Gasteiger partial charge in [0.2, 0.25) is 0 Å². The maximum atomic E-state index is 5.25. The normalized spacial score (nSPS) is 10.3. The molecule has 15 heavy (non-hydrogen) atoms. The van der Waals surface area contributed by atoms with Gasteiger partial charge in [-0.1, -0.05) is 6.07 Å². The average Bonchev–Trinajstić information content (AvgIpc) is 2.64. The fraction of sp³-hybridized carbons (Fsp3) is 0.200. The molecular weight excluding hydrogens is 212 g/mol. The Hall–Kier alpha value is -1.62. The maximum Gasteiger partial charge on any atom is 0.314 e. The third-order valence-electron chi connectivity index (χ3n) is 2.05. The summed E-state index contributed by atoms with van der Waals surface area (Å²) in [4.78, 5) is 4.22. The number of aromatic nitrogens is 2. The third kappa shape index (κ3) is 1.92. The molecule has 4 nitrogen and oxygen atoms in total. The lowest BCUT2D eigenvalue weighted by molar-refractivity contribution is 0.403. The monoisotopic (exact) mass is 222 g/mol. The predicted molar refractivity (Wildman–Crippen MR) is 58.4 cm³/mol. The molecular formula is C10H10N2O2S. The molecule has 2 rings (SSSR count). The van der Waals surface area contributed by atoms with Crippen molar-refractivity contribution in [3.05, 3.63) is 28.6 Å². The third-order valence-corrected chi connectivity index (χ3v) is 2.22. The van der Waals surface area contributed by atoms with E-state index in [2.05, 4.69) is 10.1 Å². The second-order valence-electron chi connectivity index (χ2n) is 3.13. The summed E-state index contributed by atoms with van der Waals surface area (Å²) in [6.45, 7) is 2.00. The lowest BCUT2D eigenvalue weighted by Gasteiger charge is -2.05. The minimum atomic E-state index is 0.188. The summed E-state index contributed by atoms with van der Waals surface area (Å²) in [6.07, 6.45) is 0. The van der Waals surface area contributed by atoms with E-state index >= 15 is 0 Å². The molecule has 1 N–H and O–H groups in total. The van der Waals surface area contributed by atoms with Crippen molar-refractivity contribution in [1.29, 1.82) is 0 Å². The highest BCUT2D eigenvalue weighted by molar-refractivity contribution is 7.71. The Kier molecular flexibility index (Phi) is 2.55. The fourth-order valence-corrected chi connectivity index (χ4v) is 1.47. The molecule has 1 aromatic heterocycles. The molecule has 0 radical (unpaired) electrons. The van der Waals surface area contributed by atoms with E-state index in [0.717, 1.165) is 16.9 Å². The zero-order valence-electron chi connectivity index (χ0n) is 8.40. The standard InChI is InChI=1S/C10H10N2O2S/c1-6-3-4-7(8(5-6)13-2)9-11-10(15)14-12-9/h3-5H,1-2H3,(H,11,12,15). The number of nitrogens with one attached hydrogen (secondary N) is 1. The van der Waals surface area contributed by atoms with Crippen LogP contribution in [-0.2, 0) is 0 Å². The summed E-state index contributed by atoms with van der Waals surface area (Å²) in [5.74, 6) is 1.33. The molecule has 78 valence electrons. The first-order chi connectivity index (χ1) is 7.20. The van der Waals surface area contributed by atoms with Gasteiger partial charge in [0, 0.05) is 0 Å². The van der Waals surface area contributed by atoms with E-state index in [9.17, 15) is 0 Å². The summed E-state index contributed by atoms with van der Waals surface area (Å²) in [5.41, 5.74) is 1.96. The Morgan fingerprint density at radius 3 is 2.87 bits per heavy atom. The highest BCUT2D eigenvalue weighted by atomic mass is 32.1. The Morgan fingerprint density at radius 2 is 2.27 bits per heavy atom. The van der Waals surface area contributed by atoms with Gasteiger partial charge in [-0.05, 0) is 36.8 Å². The van der Waals surface area contributed by atoms with Crippen LogP contribution in [0.3, 0.4) is 0 Å². The summed E-state index contributed by atoms with van der Waals surface area (Å²) >= 11 is 4.79. The van der Waals surface area contributed by atoms with E-state index in [-0.39, 0.29) is 4.84 Å². The van der Waals surface area contributed by atoms with Gasteiger partial charge in [-0.3, -0.25) is 0 Å². The van der Waals surface area contributed by atoms with Gasteiger partial charge in [0.15, 0.2) is 5.82 Å². The van der Waals surface area contributed by atoms with Gasteiger partial charge in [0.1, 0.15) is 5.75 Å². The van der Waals surface area contributed by atoms with Gasteiger partial charge in [-0.25, -0.2) is 5.16 Å². The SMILES string of the molecule is COc1cc(C)ccc1-c1nc(=S)o[nH]1.